The highest BCUT2D eigenvalue weighted by Crippen LogP contribution is 2.17. The number of nitrogens with two attached hydrogens (primary N) is 1. The van der Waals surface area contributed by atoms with Crippen molar-refractivity contribution >= 4 is 17.7 Å². The zero-order valence-electron chi connectivity index (χ0n) is 12.2. The van der Waals surface area contributed by atoms with Gasteiger partial charge >= 0.3 is 0 Å². The van der Waals surface area contributed by atoms with E-state index < -0.39 is 0 Å². The largest absolute Gasteiger partial charge is 0.493 e. The third-order valence-electron chi connectivity index (χ3n) is 2.92. The summed E-state index contributed by atoms with van der Waals surface area (Å²) in [5.74, 6) is 1.39. The van der Waals surface area contributed by atoms with E-state index in [0.717, 1.165) is 11.0 Å². The van der Waals surface area contributed by atoms with Gasteiger partial charge in [-0.05, 0) is 24.3 Å². The number of ether oxygens (including phenoxy) is 1. The fourth-order valence-electron chi connectivity index (χ4n) is 1.75. The highest BCUT2D eigenvalue weighted by atomic mass is 32.2. The molecule has 0 aliphatic heterocycles. The van der Waals surface area contributed by atoms with Crippen molar-refractivity contribution in [1.82, 2.24) is 14.8 Å². The zero-order chi connectivity index (χ0) is 15.9. The first-order valence-corrected chi connectivity index (χ1v) is 7.72. The molecule has 1 amide bonds. The summed E-state index contributed by atoms with van der Waals surface area (Å²) in [6, 6.07) is 5.89. The molecule has 0 aliphatic carbocycles. The number of aryl methyl sites for hydroxylation is 1. The van der Waals surface area contributed by atoms with E-state index in [-0.39, 0.29) is 18.1 Å². The second-order valence-electron chi connectivity index (χ2n) is 4.57. The van der Waals surface area contributed by atoms with Gasteiger partial charge in [0, 0.05) is 25.6 Å². The van der Waals surface area contributed by atoms with E-state index in [1.165, 1.54) is 23.9 Å². The topological polar surface area (TPSA) is 83.0 Å². The van der Waals surface area contributed by atoms with Crippen LogP contribution >= 0.6 is 11.8 Å². The Morgan fingerprint density at radius 2 is 2.09 bits per heavy atom. The number of thioether (sulfide) groups is 1. The number of nitrogens with zero attached hydrogens (tertiary/aromatic N) is 3. The number of rotatable bonds is 8. The second kappa shape index (κ2) is 7.79. The third-order valence-corrected chi connectivity index (χ3v) is 3.90. The number of carbonyl (C=O) groups excluding carboxylic acids is 1. The van der Waals surface area contributed by atoms with Crippen LogP contribution in [0.2, 0.25) is 0 Å². The number of aromatic nitrogens is 3. The Morgan fingerprint density at radius 3 is 2.77 bits per heavy atom. The summed E-state index contributed by atoms with van der Waals surface area (Å²) in [6.07, 6.45) is 0.732. The molecule has 0 spiro atoms. The molecule has 1 aromatic heterocycles. The van der Waals surface area contributed by atoms with Crippen LogP contribution < -0.4 is 10.5 Å². The molecule has 0 radical (unpaired) electrons. The number of halogens is 1. The predicted molar refractivity (Wildman–Crippen MR) is 81.1 cm³/mol. The maximum Gasteiger partial charge on any atom is 0.217 e. The van der Waals surface area contributed by atoms with Gasteiger partial charge in [-0.1, -0.05) is 11.8 Å². The molecule has 1 aromatic carbocycles. The molecular formula is C14H17FN4O2S. The molecule has 0 fully saturated rings. The van der Waals surface area contributed by atoms with Crippen LogP contribution in [0.3, 0.4) is 0 Å². The summed E-state index contributed by atoms with van der Waals surface area (Å²) in [5, 5.41) is 8.86. The van der Waals surface area contributed by atoms with Crippen LogP contribution in [0.4, 0.5) is 4.39 Å². The van der Waals surface area contributed by atoms with Crippen molar-refractivity contribution in [2.75, 3.05) is 12.4 Å². The van der Waals surface area contributed by atoms with Crippen LogP contribution in [0.25, 0.3) is 0 Å². The second-order valence-corrected chi connectivity index (χ2v) is 5.64. The predicted octanol–water partition coefficient (Wildman–Crippen LogP) is 1.54. The quantitative estimate of drug-likeness (QED) is 0.588. The lowest BCUT2D eigenvalue weighted by molar-refractivity contribution is -0.118. The van der Waals surface area contributed by atoms with Crippen molar-refractivity contribution in [2.45, 2.75) is 18.0 Å². The Balaban J connectivity index is 1.77. The van der Waals surface area contributed by atoms with Crippen LogP contribution in [0.1, 0.15) is 12.2 Å². The van der Waals surface area contributed by atoms with E-state index in [1.807, 2.05) is 11.6 Å². The average Bonchev–Trinajstić information content (AvgIpc) is 2.84. The number of benzene rings is 1. The Hall–Kier alpha value is -2.09. The number of hydrogen-bond donors (Lipinski definition) is 1. The summed E-state index contributed by atoms with van der Waals surface area (Å²) in [4.78, 5) is 10.8. The molecule has 22 heavy (non-hydrogen) atoms. The van der Waals surface area contributed by atoms with Crippen molar-refractivity contribution < 1.29 is 13.9 Å². The summed E-state index contributed by atoms with van der Waals surface area (Å²) >= 11 is 1.50. The van der Waals surface area contributed by atoms with Gasteiger partial charge in [-0.15, -0.1) is 10.2 Å². The molecule has 118 valence electrons. The molecule has 1 heterocycles. The van der Waals surface area contributed by atoms with Crippen LogP contribution in [-0.2, 0) is 18.3 Å². The lowest BCUT2D eigenvalue weighted by Crippen LogP contribution is -2.12. The first-order chi connectivity index (χ1) is 10.6. The summed E-state index contributed by atoms with van der Waals surface area (Å²) in [7, 11) is 1.85. The van der Waals surface area contributed by atoms with Crippen molar-refractivity contribution in [3.05, 3.63) is 35.9 Å². The molecule has 6 nitrogen and oxygen atoms in total. The van der Waals surface area contributed by atoms with Gasteiger partial charge in [0.05, 0.1) is 6.61 Å². The van der Waals surface area contributed by atoms with Crippen LogP contribution in [0.15, 0.2) is 29.4 Å². The van der Waals surface area contributed by atoms with Crippen molar-refractivity contribution in [3.8, 4) is 5.75 Å². The smallest absolute Gasteiger partial charge is 0.217 e. The van der Waals surface area contributed by atoms with E-state index in [1.54, 1.807) is 12.1 Å². The number of hydrogen-bond acceptors (Lipinski definition) is 5. The van der Waals surface area contributed by atoms with Crippen molar-refractivity contribution in [2.24, 2.45) is 12.8 Å². The van der Waals surface area contributed by atoms with E-state index in [4.69, 9.17) is 10.5 Å². The zero-order valence-corrected chi connectivity index (χ0v) is 13.0. The number of amides is 1. The number of carbonyl (C=O) groups is 1. The minimum Gasteiger partial charge on any atom is -0.493 e. The molecule has 2 rings (SSSR count). The summed E-state index contributed by atoms with van der Waals surface area (Å²) in [6.45, 7) is 0.472. The monoisotopic (exact) mass is 324 g/mol. The maximum atomic E-state index is 12.7. The fraction of sp³-hybridized carbons (Fsp3) is 0.357. The molecule has 2 aromatic rings. The SMILES string of the molecule is Cn1c(CCC(N)=O)nnc1SCCOc1ccc(F)cc1. The van der Waals surface area contributed by atoms with E-state index in [9.17, 15) is 9.18 Å². The van der Waals surface area contributed by atoms with Crippen LogP contribution in [0, 0.1) is 5.82 Å². The van der Waals surface area contributed by atoms with Crippen molar-refractivity contribution in [1.29, 1.82) is 0 Å². The van der Waals surface area contributed by atoms with Crippen LogP contribution in [0.5, 0.6) is 5.75 Å². The highest BCUT2D eigenvalue weighted by Gasteiger charge is 2.10. The third kappa shape index (κ3) is 4.73. The van der Waals surface area contributed by atoms with E-state index in [0.29, 0.717) is 24.5 Å². The van der Waals surface area contributed by atoms with Crippen molar-refractivity contribution in [3.63, 3.8) is 0 Å². The molecule has 0 atom stereocenters. The Bertz CT molecular complexity index is 630. The Kier molecular flexibility index (Phi) is 5.76. The molecule has 0 unspecified atom stereocenters. The van der Waals surface area contributed by atoms with Gasteiger partial charge in [0.25, 0.3) is 0 Å². The van der Waals surface area contributed by atoms with Gasteiger partial charge in [-0.2, -0.15) is 0 Å². The first kappa shape index (κ1) is 16.3. The van der Waals surface area contributed by atoms with Gasteiger partial charge < -0.3 is 15.0 Å². The molecular weight excluding hydrogens is 307 g/mol. The van der Waals surface area contributed by atoms with E-state index >= 15 is 0 Å². The van der Waals surface area contributed by atoms with Crippen LogP contribution in [-0.4, -0.2) is 33.0 Å². The van der Waals surface area contributed by atoms with E-state index in [2.05, 4.69) is 10.2 Å². The maximum absolute atomic E-state index is 12.7. The summed E-state index contributed by atoms with van der Waals surface area (Å²) < 4.78 is 20.1. The molecule has 8 heteroatoms. The number of primary amides is 1. The van der Waals surface area contributed by atoms with Gasteiger partial charge in [0.15, 0.2) is 5.16 Å². The molecule has 2 N–H and O–H groups in total. The highest BCUT2D eigenvalue weighted by molar-refractivity contribution is 7.99. The Labute approximate surface area is 131 Å². The fourth-order valence-corrected chi connectivity index (χ4v) is 2.49. The first-order valence-electron chi connectivity index (χ1n) is 6.74. The van der Waals surface area contributed by atoms with Gasteiger partial charge in [-0.3, -0.25) is 4.79 Å². The normalized spacial score (nSPS) is 10.6. The minimum absolute atomic E-state index is 0.254. The Morgan fingerprint density at radius 1 is 1.36 bits per heavy atom. The molecule has 0 saturated heterocycles. The molecule has 0 aliphatic rings. The lowest BCUT2D eigenvalue weighted by atomic mass is 10.3. The molecule has 0 bridgehead atoms. The van der Waals surface area contributed by atoms with Gasteiger partial charge in [0.2, 0.25) is 5.91 Å². The summed E-state index contributed by atoms with van der Waals surface area (Å²) in [5.41, 5.74) is 5.12. The lowest BCUT2D eigenvalue weighted by Gasteiger charge is -2.06. The average molecular weight is 324 g/mol. The molecule has 0 saturated carbocycles. The standard InChI is InChI=1S/C14H17FN4O2S/c1-19-13(7-6-12(16)20)17-18-14(19)22-9-8-21-11-4-2-10(15)3-5-11/h2-5H,6-9H2,1H3,(H2,16,20). The van der Waals surface area contributed by atoms with Gasteiger partial charge in [-0.25, -0.2) is 4.39 Å². The van der Waals surface area contributed by atoms with Gasteiger partial charge in [0.1, 0.15) is 17.4 Å². The minimum atomic E-state index is -0.357.